The Morgan fingerprint density at radius 3 is 2.88 bits per heavy atom. The number of urea groups is 1. The molecule has 0 saturated heterocycles. The van der Waals surface area contributed by atoms with Crippen molar-refractivity contribution >= 4 is 6.03 Å². The summed E-state index contributed by atoms with van der Waals surface area (Å²) in [5, 5.41) is 13.9. The van der Waals surface area contributed by atoms with Crippen LogP contribution in [0.2, 0.25) is 0 Å². The summed E-state index contributed by atoms with van der Waals surface area (Å²) in [4.78, 5) is 11.3. The minimum absolute atomic E-state index is 0.121. The first-order valence-electron chi connectivity index (χ1n) is 5.42. The molecular weight excluding hydrogens is 221 g/mol. The maximum absolute atomic E-state index is 13.4. The van der Waals surface area contributed by atoms with E-state index in [1.165, 1.54) is 12.1 Å². The second-order valence-electron chi connectivity index (χ2n) is 4.02. The van der Waals surface area contributed by atoms with Crippen LogP contribution in [0.5, 0.6) is 0 Å². The van der Waals surface area contributed by atoms with Crippen molar-refractivity contribution in [2.75, 3.05) is 0 Å². The van der Waals surface area contributed by atoms with Crippen LogP contribution in [0.4, 0.5) is 9.18 Å². The summed E-state index contributed by atoms with van der Waals surface area (Å²) in [7, 11) is 0. The van der Waals surface area contributed by atoms with Gasteiger partial charge in [-0.05, 0) is 25.0 Å². The van der Waals surface area contributed by atoms with Gasteiger partial charge in [-0.2, -0.15) is 5.26 Å². The third-order valence-electron chi connectivity index (χ3n) is 2.53. The molecule has 1 aromatic rings. The molecule has 2 rings (SSSR count). The van der Waals surface area contributed by atoms with E-state index in [1.807, 2.05) is 6.07 Å². The summed E-state index contributed by atoms with van der Waals surface area (Å²) < 4.78 is 13.4. The number of hydrogen-bond donors (Lipinski definition) is 2. The predicted octanol–water partition coefficient (Wildman–Crippen LogP) is 1.66. The van der Waals surface area contributed by atoms with Crippen LogP contribution >= 0.6 is 0 Å². The number of halogens is 1. The monoisotopic (exact) mass is 233 g/mol. The van der Waals surface area contributed by atoms with Crippen LogP contribution < -0.4 is 10.6 Å². The van der Waals surface area contributed by atoms with Crippen molar-refractivity contribution in [2.24, 2.45) is 0 Å². The van der Waals surface area contributed by atoms with Crippen LogP contribution in [-0.4, -0.2) is 12.1 Å². The van der Waals surface area contributed by atoms with Crippen molar-refractivity contribution in [3.63, 3.8) is 0 Å². The van der Waals surface area contributed by atoms with Crippen molar-refractivity contribution in [1.29, 1.82) is 5.26 Å². The van der Waals surface area contributed by atoms with E-state index < -0.39 is 5.82 Å². The summed E-state index contributed by atoms with van der Waals surface area (Å²) in [6.45, 7) is 0.121. The Labute approximate surface area is 98.4 Å². The lowest BCUT2D eigenvalue weighted by Gasteiger charge is -2.07. The van der Waals surface area contributed by atoms with Crippen molar-refractivity contribution in [2.45, 2.75) is 25.4 Å². The Morgan fingerprint density at radius 1 is 1.53 bits per heavy atom. The van der Waals surface area contributed by atoms with Crippen molar-refractivity contribution in [3.8, 4) is 6.07 Å². The van der Waals surface area contributed by atoms with Gasteiger partial charge in [0, 0.05) is 18.2 Å². The lowest BCUT2D eigenvalue weighted by atomic mass is 10.1. The molecular formula is C12H12FN3O. The van der Waals surface area contributed by atoms with E-state index in [1.54, 1.807) is 0 Å². The van der Waals surface area contributed by atoms with Gasteiger partial charge in [-0.1, -0.05) is 6.07 Å². The molecule has 0 bridgehead atoms. The fourth-order valence-corrected chi connectivity index (χ4v) is 1.40. The van der Waals surface area contributed by atoms with E-state index in [4.69, 9.17) is 5.26 Å². The number of carbonyl (C=O) groups excluding carboxylic acids is 1. The third-order valence-corrected chi connectivity index (χ3v) is 2.53. The molecule has 2 amide bonds. The highest BCUT2D eigenvalue weighted by Gasteiger charge is 2.22. The van der Waals surface area contributed by atoms with Crippen molar-refractivity contribution < 1.29 is 9.18 Å². The predicted molar refractivity (Wildman–Crippen MR) is 59.5 cm³/mol. The lowest BCUT2D eigenvalue weighted by molar-refractivity contribution is 0.240. The standard InChI is InChI=1S/C12H12FN3O/c13-11-5-8(6-14)1-2-9(11)7-15-12(17)16-10-3-4-10/h1-2,5,10H,3-4,7H2,(H2,15,16,17). The highest BCUT2D eigenvalue weighted by molar-refractivity contribution is 5.74. The molecule has 0 unspecified atom stereocenters. The number of hydrogen-bond acceptors (Lipinski definition) is 2. The number of benzene rings is 1. The van der Waals surface area contributed by atoms with Crippen LogP contribution in [0, 0.1) is 17.1 Å². The fourth-order valence-electron chi connectivity index (χ4n) is 1.40. The highest BCUT2D eigenvalue weighted by Crippen LogP contribution is 2.18. The molecule has 1 aliphatic rings. The fraction of sp³-hybridized carbons (Fsp3) is 0.333. The zero-order valence-corrected chi connectivity index (χ0v) is 9.16. The SMILES string of the molecule is N#Cc1ccc(CNC(=O)NC2CC2)c(F)c1. The molecule has 88 valence electrons. The Morgan fingerprint density at radius 2 is 2.29 bits per heavy atom. The van der Waals surface area contributed by atoms with E-state index in [0.29, 0.717) is 5.56 Å². The summed E-state index contributed by atoms with van der Waals surface area (Å²) in [5.41, 5.74) is 0.642. The maximum Gasteiger partial charge on any atom is 0.315 e. The minimum Gasteiger partial charge on any atom is -0.335 e. The van der Waals surface area contributed by atoms with E-state index in [2.05, 4.69) is 10.6 Å². The number of carbonyl (C=O) groups is 1. The zero-order chi connectivity index (χ0) is 12.3. The molecule has 0 aliphatic heterocycles. The number of nitriles is 1. The average Bonchev–Trinajstić information content (AvgIpc) is 3.11. The van der Waals surface area contributed by atoms with Crippen molar-refractivity contribution in [3.05, 3.63) is 35.1 Å². The quantitative estimate of drug-likeness (QED) is 0.833. The van der Waals surface area contributed by atoms with Crippen LogP contribution in [0.3, 0.4) is 0 Å². The third kappa shape index (κ3) is 3.18. The van der Waals surface area contributed by atoms with Gasteiger partial charge in [-0.3, -0.25) is 0 Å². The lowest BCUT2D eigenvalue weighted by Crippen LogP contribution is -2.36. The molecule has 1 aliphatic carbocycles. The van der Waals surface area contributed by atoms with Gasteiger partial charge in [0.2, 0.25) is 0 Å². The van der Waals surface area contributed by atoms with Crippen molar-refractivity contribution in [1.82, 2.24) is 10.6 Å². The maximum atomic E-state index is 13.4. The van der Waals surface area contributed by atoms with Gasteiger partial charge >= 0.3 is 6.03 Å². The molecule has 1 fully saturated rings. The van der Waals surface area contributed by atoms with Crippen LogP contribution in [0.25, 0.3) is 0 Å². The average molecular weight is 233 g/mol. The summed E-state index contributed by atoms with van der Waals surface area (Å²) in [6, 6.07) is 6.05. The van der Waals surface area contributed by atoms with Crippen LogP contribution in [0.1, 0.15) is 24.0 Å². The molecule has 0 aromatic heterocycles. The van der Waals surface area contributed by atoms with Gasteiger partial charge in [0.05, 0.1) is 11.6 Å². The number of amides is 2. The molecule has 0 spiro atoms. The van der Waals surface area contributed by atoms with E-state index in [9.17, 15) is 9.18 Å². The normalized spacial score (nSPS) is 13.9. The number of nitrogens with zero attached hydrogens (tertiary/aromatic N) is 1. The number of nitrogens with one attached hydrogen (secondary N) is 2. The van der Waals surface area contributed by atoms with Gasteiger partial charge in [0.1, 0.15) is 5.82 Å². The second kappa shape index (κ2) is 4.83. The smallest absolute Gasteiger partial charge is 0.315 e. The van der Waals surface area contributed by atoms with Gasteiger partial charge < -0.3 is 10.6 Å². The van der Waals surface area contributed by atoms with Gasteiger partial charge in [0.15, 0.2) is 0 Å². The zero-order valence-electron chi connectivity index (χ0n) is 9.16. The van der Waals surface area contributed by atoms with Crippen LogP contribution in [0.15, 0.2) is 18.2 Å². The largest absolute Gasteiger partial charge is 0.335 e. The molecule has 17 heavy (non-hydrogen) atoms. The Hall–Kier alpha value is -2.09. The van der Waals surface area contributed by atoms with Gasteiger partial charge in [0.25, 0.3) is 0 Å². The Bertz CT molecular complexity index is 477. The van der Waals surface area contributed by atoms with Crippen LogP contribution in [-0.2, 0) is 6.54 Å². The molecule has 1 aromatic carbocycles. The number of rotatable bonds is 3. The van der Waals surface area contributed by atoms with Gasteiger partial charge in [-0.15, -0.1) is 0 Å². The summed E-state index contributed by atoms with van der Waals surface area (Å²) in [5.74, 6) is -0.476. The Kier molecular flexibility index (Phi) is 3.24. The molecule has 1 saturated carbocycles. The first-order valence-corrected chi connectivity index (χ1v) is 5.42. The molecule has 0 heterocycles. The van der Waals surface area contributed by atoms with Gasteiger partial charge in [-0.25, -0.2) is 9.18 Å². The first-order chi connectivity index (χ1) is 8.19. The molecule has 4 nitrogen and oxygen atoms in total. The van der Waals surface area contributed by atoms with E-state index in [0.717, 1.165) is 18.9 Å². The summed E-state index contributed by atoms with van der Waals surface area (Å²) >= 11 is 0. The highest BCUT2D eigenvalue weighted by atomic mass is 19.1. The summed E-state index contributed by atoms with van der Waals surface area (Å²) in [6.07, 6.45) is 2.03. The minimum atomic E-state index is -0.476. The molecule has 2 N–H and O–H groups in total. The Balaban J connectivity index is 1.89. The molecule has 0 radical (unpaired) electrons. The topological polar surface area (TPSA) is 64.9 Å². The molecule has 5 heteroatoms. The second-order valence-corrected chi connectivity index (χ2v) is 4.02. The van der Waals surface area contributed by atoms with E-state index in [-0.39, 0.29) is 24.2 Å². The molecule has 0 atom stereocenters. The first kappa shape index (κ1) is 11.4. The van der Waals surface area contributed by atoms with E-state index >= 15 is 0 Å².